The molecule has 0 bridgehead atoms. The van der Waals surface area contributed by atoms with Gasteiger partial charge in [0, 0.05) is 17.5 Å². The first kappa shape index (κ1) is 11.9. The van der Waals surface area contributed by atoms with Crippen LogP contribution < -0.4 is 10.6 Å². The summed E-state index contributed by atoms with van der Waals surface area (Å²) in [5, 5.41) is 2.09. The zero-order chi connectivity index (χ0) is 12.3. The molecule has 2 N–H and O–H groups in total. The second kappa shape index (κ2) is 5.14. The molecule has 0 atom stereocenters. The summed E-state index contributed by atoms with van der Waals surface area (Å²) in [5.41, 5.74) is 5.75. The largest absolute Gasteiger partial charge is 0.384 e. The minimum absolute atomic E-state index is 0.525. The summed E-state index contributed by atoms with van der Waals surface area (Å²) in [6.07, 6.45) is 0. The van der Waals surface area contributed by atoms with Crippen molar-refractivity contribution in [2.75, 3.05) is 17.2 Å². The fraction of sp³-hybridized carbons (Fsp3) is 0.333. The summed E-state index contributed by atoms with van der Waals surface area (Å²) in [7, 11) is 0. The maximum absolute atomic E-state index is 5.75. The molecule has 0 aromatic carbocycles. The van der Waals surface area contributed by atoms with Gasteiger partial charge >= 0.3 is 0 Å². The molecule has 0 aliphatic heterocycles. The lowest BCUT2D eigenvalue weighted by molar-refractivity contribution is 0.814. The van der Waals surface area contributed by atoms with Crippen LogP contribution in [0.3, 0.4) is 0 Å². The van der Waals surface area contributed by atoms with Crippen LogP contribution in [-0.2, 0) is 6.54 Å². The van der Waals surface area contributed by atoms with Gasteiger partial charge in [0.05, 0.1) is 6.54 Å². The highest BCUT2D eigenvalue weighted by molar-refractivity contribution is 7.09. The van der Waals surface area contributed by atoms with Crippen molar-refractivity contribution in [3.8, 4) is 0 Å². The Hall–Kier alpha value is -1.62. The zero-order valence-corrected chi connectivity index (χ0v) is 10.9. The highest BCUT2D eigenvalue weighted by Crippen LogP contribution is 2.18. The molecule has 4 nitrogen and oxygen atoms in total. The minimum Gasteiger partial charge on any atom is -0.384 e. The summed E-state index contributed by atoms with van der Waals surface area (Å²) < 4.78 is 0. The van der Waals surface area contributed by atoms with E-state index in [2.05, 4.69) is 39.3 Å². The quantitative estimate of drug-likeness (QED) is 0.903. The van der Waals surface area contributed by atoms with Crippen molar-refractivity contribution < 1.29 is 0 Å². The molecule has 0 aliphatic rings. The average Bonchev–Trinajstić information content (AvgIpc) is 2.77. The molecule has 0 amide bonds. The molecule has 90 valence electrons. The van der Waals surface area contributed by atoms with E-state index in [0.717, 1.165) is 18.9 Å². The van der Waals surface area contributed by atoms with Crippen LogP contribution in [-0.4, -0.2) is 16.5 Å². The van der Waals surface area contributed by atoms with Gasteiger partial charge in [0.25, 0.3) is 0 Å². The van der Waals surface area contributed by atoms with E-state index in [9.17, 15) is 0 Å². The lowest BCUT2D eigenvalue weighted by Gasteiger charge is -2.21. The van der Waals surface area contributed by atoms with Crippen LogP contribution in [0, 0.1) is 6.92 Å². The molecular formula is C12H16N4S. The van der Waals surface area contributed by atoms with Crippen LogP contribution >= 0.6 is 11.3 Å². The SMILES string of the molecule is CCN(Cc1cccs1)c1cc(N)nc(C)n1. The molecule has 2 aromatic rings. The van der Waals surface area contributed by atoms with Crippen LogP contribution in [0.1, 0.15) is 17.6 Å². The predicted octanol–water partition coefficient (Wildman–Crippen LogP) is 2.46. The highest BCUT2D eigenvalue weighted by Gasteiger charge is 2.09. The molecule has 5 heteroatoms. The molecule has 0 saturated carbocycles. The van der Waals surface area contributed by atoms with Crippen molar-refractivity contribution in [3.63, 3.8) is 0 Å². The Morgan fingerprint density at radius 2 is 2.24 bits per heavy atom. The van der Waals surface area contributed by atoms with Gasteiger partial charge in [-0.15, -0.1) is 11.3 Å². The first-order valence-electron chi connectivity index (χ1n) is 5.57. The van der Waals surface area contributed by atoms with E-state index in [-0.39, 0.29) is 0 Å². The van der Waals surface area contributed by atoms with Crippen molar-refractivity contribution >= 4 is 23.0 Å². The van der Waals surface area contributed by atoms with E-state index in [4.69, 9.17) is 5.73 Å². The molecule has 0 radical (unpaired) electrons. The van der Waals surface area contributed by atoms with Crippen molar-refractivity contribution in [2.24, 2.45) is 0 Å². The van der Waals surface area contributed by atoms with Gasteiger partial charge in [-0.3, -0.25) is 0 Å². The van der Waals surface area contributed by atoms with Gasteiger partial charge in [-0.05, 0) is 25.3 Å². The first-order valence-corrected chi connectivity index (χ1v) is 6.45. The third-order valence-electron chi connectivity index (χ3n) is 2.48. The minimum atomic E-state index is 0.525. The normalized spacial score (nSPS) is 10.5. The summed E-state index contributed by atoms with van der Waals surface area (Å²) in [6.45, 7) is 5.73. The summed E-state index contributed by atoms with van der Waals surface area (Å²) in [4.78, 5) is 12.0. The molecule has 0 unspecified atom stereocenters. The molecule has 2 aromatic heterocycles. The number of nitrogens with zero attached hydrogens (tertiary/aromatic N) is 3. The van der Waals surface area contributed by atoms with E-state index in [0.29, 0.717) is 11.6 Å². The number of rotatable bonds is 4. The smallest absolute Gasteiger partial charge is 0.134 e. The van der Waals surface area contributed by atoms with Gasteiger partial charge in [-0.1, -0.05) is 6.07 Å². The predicted molar refractivity (Wildman–Crippen MR) is 72.2 cm³/mol. The number of thiophene rings is 1. The number of nitrogens with two attached hydrogens (primary N) is 1. The molecule has 17 heavy (non-hydrogen) atoms. The van der Waals surface area contributed by atoms with E-state index in [1.807, 2.05) is 13.0 Å². The number of hydrogen-bond donors (Lipinski definition) is 1. The van der Waals surface area contributed by atoms with Gasteiger partial charge in [0.15, 0.2) is 0 Å². The van der Waals surface area contributed by atoms with Crippen LogP contribution in [0.2, 0.25) is 0 Å². The Morgan fingerprint density at radius 3 is 2.82 bits per heavy atom. The lowest BCUT2D eigenvalue weighted by Crippen LogP contribution is -2.23. The Balaban J connectivity index is 2.22. The number of anilines is 2. The average molecular weight is 248 g/mol. The molecule has 2 rings (SSSR count). The fourth-order valence-electron chi connectivity index (χ4n) is 1.68. The van der Waals surface area contributed by atoms with Gasteiger partial charge in [-0.2, -0.15) is 0 Å². The van der Waals surface area contributed by atoms with Crippen molar-refractivity contribution in [1.29, 1.82) is 0 Å². The third-order valence-corrected chi connectivity index (χ3v) is 3.34. The van der Waals surface area contributed by atoms with Crippen LogP contribution in [0.5, 0.6) is 0 Å². The van der Waals surface area contributed by atoms with Gasteiger partial charge in [0.2, 0.25) is 0 Å². The molecule has 0 aliphatic carbocycles. The first-order chi connectivity index (χ1) is 8.19. The highest BCUT2D eigenvalue weighted by atomic mass is 32.1. The molecule has 0 saturated heterocycles. The van der Waals surface area contributed by atoms with Crippen molar-refractivity contribution in [3.05, 3.63) is 34.3 Å². The monoisotopic (exact) mass is 248 g/mol. The second-order valence-electron chi connectivity index (χ2n) is 3.79. The molecule has 2 heterocycles. The van der Waals surface area contributed by atoms with E-state index in [1.54, 1.807) is 11.3 Å². The number of nitrogen functional groups attached to an aromatic ring is 1. The lowest BCUT2D eigenvalue weighted by atomic mass is 10.4. The summed E-state index contributed by atoms with van der Waals surface area (Å²) in [5.74, 6) is 2.13. The van der Waals surface area contributed by atoms with Crippen molar-refractivity contribution in [1.82, 2.24) is 9.97 Å². The second-order valence-corrected chi connectivity index (χ2v) is 4.82. The Morgan fingerprint density at radius 1 is 1.41 bits per heavy atom. The van der Waals surface area contributed by atoms with E-state index in [1.165, 1.54) is 4.88 Å². The fourth-order valence-corrected chi connectivity index (χ4v) is 2.40. The number of aromatic nitrogens is 2. The standard InChI is InChI=1S/C12H16N4S/c1-3-16(8-10-5-4-6-17-10)12-7-11(13)14-9(2)15-12/h4-7H,3,8H2,1-2H3,(H2,13,14,15). The van der Waals surface area contributed by atoms with Crippen molar-refractivity contribution in [2.45, 2.75) is 20.4 Å². The molecular weight excluding hydrogens is 232 g/mol. The van der Waals surface area contributed by atoms with Gasteiger partial charge in [-0.25, -0.2) is 9.97 Å². The van der Waals surface area contributed by atoms with Crippen LogP contribution in [0.15, 0.2) is 23.6 Å². The van der Waals surface area contributed by atoms with Gasteiger partial charge in [0.1, 0.15) is 17.5 Å². The molecule has 0 spiro atoms. The Labute approximate surface area is 105 Å². The third kappa shape index (κ3) is 2.94. The Bertz CT molecular complexity index is 461. The number of aryl methyl sites for hydroxylation is 1. The zero-order valence-electron chi connectivity index (χ0n) is 10.1. The van der Waals surface area contributed by atoms with Crippen LogP contribution in [0.4, 0.5) is 11.6 Å². The van der Waals surface area contributed by atoms with Gasteiger partial charge < -0.3 is 10.6 Å². The molecule has 0 fully saturated rings. The summed E-state index contributed by atoms with van der Waals surface area (Å²) >= 11 is 1.75. The van der Waals surface area contributed by atoms with Crippen LogP contribution in [0.25, 0.3) is 0 Å². The Kier molecular flexibility index (Phi) is 3.58. The topological polar surface area (TPSA) is 55.0 Å². The maximum Gasteiger partial charge on any atom is 0.134 e. The van der Waals surface area contributed by atoms with E-state index >= 15 is 0 Å². The number of hydrogen-bond acceptors (Lipinski definition) is 5. The summed E-state index contributed by atoms with van der Waals surface area (Å²) in [6, 6.07) is 6.02. The maximum atomic E-state index is 5.75. The van der Waals surface area contributed by atoms with E-state index < -0.39 is 0 Å².